The summed E-state index contributed by atoms with van der Waals surface area (Å²) in [6.07, 6.45) is 2.03. The Morgan fingerprint density at radius 3 is 2.79 bits per heavy atom. The van der Waals surface area contributed by atoms with Crippen molar-refractivity contribution in [2.45, 2.75) is 33.4 Å². The lowest BCUT2D eigenvalue weighted by Crippen LogP contribution is -2.06. The number of nitrogens with one attached hydrogen (secondary N) is 1. The molecule has 0 aliphatic heterocycles. The van der Waals surface area contributed by atoms with Gasteiger partial charge in [0.1, 0.15) is 5.75 Å². The molecule has 4 nitrogen and oxygen atoms in total. The molecule has 0 aliphatic rings. The third-order valence-corrected chi connectivity index (χ3v) is 3.35. The van der Waals surface area contributed by atoms with E-state index in [1.165, 1.54) is 4.88 Å². The van der Waals surface area contributed by atoms with Gasteiger partial charge in [0.15, 0.2) is 0 Å². The van der Waals surface area contributed by atoms with Crippen LogP contribution in [0.2, 0.25) is 0 Å². The molecule has 0 radical (unpaired) electrons. The minimum Gasteiger partial charge on any atom is -0.491 e. The minimum atomic E-state index is 0.138. The fraction of sp³-hybridized carbons (Fsp3) is 0.357. The van der Waals surface area contributed by atoms with Crippen LogP contribution in [-0.4, -0.2) is 11.1 Å². The van der Waals surface area contributed by atoms with Crippen LogP contribution in [0.15, 0.2) is 24.4 Å². The Bertz CT molecular complexity index is 551. The van der Waals surface area contributed by atoms with Crippen molar-refractivity contribution in [2.75, 3.05) is 11.1 Å². The van der Waals surface area contributed by atoms with Crippen LogP contribution in [0.4, 0.5) is 11.4 Å². The topological polar surface area (TPSA) is 60.2 Å². The summed E-state index contributed by atoms with van der Waals surface area (Å²) < 4.78 is 5.66. The number of hydrogen-bond donors (Lipinski definition) is 2. The number of ether oxygens (including phenoxy) is 1. The van der Waals surface area contributed by atoms with E-state index in [4.69, 9.17) is 10.5 Å². The molecule has 0 unspecified atom stereocenters. The molecule has 0 spiro atoms. The molecule has 0 saturated carbocycles. The van der Waals surface area contributed by atoms with Crippen LogP contribution in [0.25, 0.3) is 0 Å². The smallest absolute Gasteiger partial charge is 0.123 e. The van der Waals surface area contributed by atoms with Gasteiger partial charge in [-0.25, -0.2) is 4.98 Å². The molecule has 0 amide bonds. The fourth-order valence-corrected chi connectivity index (χ4v) is 2.48. The summed E-state index contributed by atoms with van der Waals surface area (Å²) >= 11 is 1.69. The maximum Gasteiger partial charge on any atom is 0.123 e. The number of nitrogen functional groups attached to an aromatic ring is 1. The summed E-state index contributed by atoms with van der Waals surface area (Å²) in [6.45, 7) is 6.74. The predicted octanol–water partition coefficient (Wildman–Crippen LogP) is 3.43. The molecule has 0 bridgehead atoms. The van der Waals surface area contributed by atoms with E-state index >= 15 is 0 Å². The van der Waals surface area contributed by atoms with Gasteiger partial charge in [0, 0.05) is 34.6 Å². The van der Waals surface area contributed by atoms with E-state index in [1.54, 1.807) is 11.3 Å². The highest BCUT2D eigenvalue weighted by atomic mass is 32.1. The SMILES string of the molecule is Cc1ncc(CNc2cc(N)cc(OC(C)C)c2)s1. The number of aromatic nitrogens is 1. The van der Waals surface area contributed by atoms with E-state index in [1.807, 2.05) is 45.2 Å². The van der Waals surface area contributed by atoms with Gasteiger partial charge in [-0.2, -0.15) is 0 Å². The van der Waals surface area contributed by atoms with Crippen molar-refractivity contribution in [3.63, 3.8) is 0 Å². The standard InChI is InChI=1S/C14H19N3OS/c1-9(2)18-13-5-11(15)4-12(6-13)17-8-14-7-16-10(3)19-14/h4-7,9,17H,8,15H2,1-3H3. The molecular formula is C14H19N3OS. The van der Waals surface area contributed by atoms with E-state index in [2.05, 4.69) is 10.3 Å². The Kier molecular flexibility index (Phi) is 4.27. The van der Waals surface area contributed by atoms with Gasteiger partial charge in [0.25, 0.3) is 0 Å². The lowest BCUT2D eigenvalue weighted by atomic mass is 10.2. The number of thiazole rings is 1. The zero-order chi connectivity index (χ0) is 13.8. The summed E-state index contributed by atoms with van der Waals surface area (Å²) in [5.41, 5.74) is 7.53. The summed E-state index contributed by atoms with van der Waals surface area (Å²) in [4.78, 5) is 5.43. The van der Waals surface area contributed by atoms with Crippen LogP contribution < -0.4 is 15.8 Å². The quantitative estimate of drug-likeness (QED) is 0.822. The summed E-state index contributed by atoms with van der Waals surface area (Å²) in [5.74, 6) is 0.790. The van der Waals surface area contributed by atoms with Crippen molar-refractivity contribution in [3.05, 3.63) is 34.3 Å². The normalized spacial score (nSPS) is 10.7. The number of aryl methyl sites for hydroxylation is 1. The van der Waals surface area contributed by atoms with Crippen LogP contribution in [0.3, 0.4) is 0 Å². The zero-order valence-corrected chi connectivity index (χ0v) is 12.3. The second-order valence-electron chi connectivity index (χ2n) is 4.66. The van der Waals surface area contributed by atoms with E-state index < -0.39 is 0 Å². The maximum absolute atomic E-state index is 5.88. The van der Waals surface area contributed by atoms with Crippen LogP contribution in [-0.2, 0) is 6.54 Å². The zero-order valence-electron chi connectivity index (χ0n) is 11.4. The van der Waals surface area contributed by atoms with Crippen LogP contribution in [0.5, 0.6) is 5.75 Å². The fourth-order valence-electron chi connectivity index (χ4n) is 1.74. The Labute approximate surface area is 117 Å². The Morgan fingerprint density at radius 2 is 2.16 bits per heavy atom. The van der Waals surface area contributed by atoms with E-state index in [9.17, 15) is 0 Å². The average Bonchev–Trinajstić information content (AvgIpc) is 2.71. The van der Waals surface area contributed by atoms with Crippen molar-refractivity contribution < 1.29 is 4.74 Å². The number of nitrogens with two attached hydrogens (primary N) is 1. The molecule has 0 saturated heterocycles. The molecule has 2 rings (SSSR count). The van der Waals surface area contributed by atoms with Crippen LogP contribution in [0.1, 0.15) is 23.7 Å². The Morgan fingerprint density at radius 1 is 1.37 bits per heavy atom. The van der Waals surface area contributed by atoms with Gasteiger partial charge in [-0.1, -0.05) is 0 Å². The predicted molar refractivity (Wildman–Crippen MR) is 80.8 cm³/mol. The lowest BCUT2D eigenvalue weighted by molar-refractivity contribution is 0.242. The van der Waals surface area contributed by atoms with Gasteiger partial charge >= 0.3 is 0 Å². The Hall–Kier alpha value is -1.75. The van der Waals surface area contributed by atoms with Crippen molar-refractivity contribution >= 4 is 22.7 Å². The van der Waals surface area contributed by atoms with Gasteiger partial charge in [-0.3, -0.25) is 0 Å². The van der Waals surface area contributed by atoms with E-state index in [-0.39, 0.29) is 6.10 Å². The summed E-state index contributed by atoms with van der Waals surface area (Å²) in [6, 6.07) is 5.70. The van der Waals surface area contributed by atoms with Crippen LogP contribution in [0, 0.1) is 6.92 Å². The van der Waals surface area contributed by atoms with Gasteiger partial charge < -0.3 is 15.8 Å². The second kappa shape index (κ2) is 5.93. The minimum absolute atomic E-state index is 0.138. The van der Waals surface area contributed by atoms with E-state index in [0.29, 0.717) is 5.69 Å². The van der Waals surface area contributed by atoms with Crippen molar-refractivity contribution in [2.24, 2.45) is 0 Å². The molecule has 0 atom stereocenters. The highest BCUT2D eigenvalue weighted by molar-refractivity contribution is 7.11. The summed E-state index contributed by atoms with van der Waals surface area (Å²) in [7, 11) is 0. The third-order valence-electron chi connectivity index (χ3n) is 2.44. The first-order chi connectivity index (χ1) is 9.02. The van der Waals surface area contributed by atoms with E-state index in [0.717, 1.165) is 23.0 Å². The van der Waals surface area contributed by atoms with Crippen molar-refractivity contribution in [1.82, 2.24) is 4.98 Å². The van der Waals surface area contributed by atoms with Crippen molar-refractivity contribution in [3.8, 4) is 5.75 Å². The lowest BCUT2D eigenvalue weighted by Gasteiger charge is -2.13. The monoisotopic (exact) mass is 277 g/mol. The molecule has 1 aromatic carbocycles. The third kappa shape index (κ3) is 4.13. The first-order valence-electron chi connectivity index (χ1n) is 6.25. The van der Waals surface area contributed by atoms with Crippen LogP contribution >= 0.6 is 11.3 Å². The molecular weight excluding hydrogens is 258 g/mol. The molecule has 1 heterocycles. The van der Waals surface area contributed by atoms with Gasteiger partial charge in [-0.05, 0) is 26.8 Å². The number of benzene rings is 1. The van der Waals surface area contributed by atoms with Gasteiger partial charge in [0.05, 0.1) is 17.7 Å². The Balaban J connectivity index is 2.05. The molecule has 3 N–H and O–H groups in total. The molecule has 1 aromatic heterocycles. The molecule has 5 heteroatoms. The average molecular weight is 277 g/mol. The second-order valence-corrected chi connectivity index (χ2v) is 5.98. The molecule has 2 aromatic rings. The molecule has 102 valence electrons. The molecule has 0 aliphatic carbocycles. The highest BCUT2D eigenvalue weighted by Crippen LogP contribution is 2.24. The van der Waals surface area contributed by atoms with Crippen molar-refractivity contribution in [1.29, 1.82) is 0 Å². The first-order valence-corrected chi connectivity index (χ1v) is 7.07. The summed E-state index contributed by atoms with van der Waals surface area (Å²) in [5, 5.41) is 4.42. The largest absolute Gasteiger partial charge is 0.491 e. The number of anilines is 2. The maximum atomic E-state index is 5.88. The first kappa shape index (κ1) is 13.7. The van der Waals surface area contributed by atoms with Gasteiger partial charge in [-0.15, -0.1) is 11.3 Å². The number of hydrogen-bond acceptors (Lipinski definition) is 5. The molecule has 0 fully saturated rings. The number of rotatable bonds is 5. The highest BCUT2D eigenvalue weighted by Gasteiger charge is 2.03. The van der Waals surface area contributed by atoms with Gasteiger partial charge in [0.2, 0.25) is 0 Å². The number of nitrogens with zero attached hydrogens (tertiary/aromatic N) is 1. The molecule has 19 heavy (non-hydrogen) atoms.